The van der Waals surface area contributed by atoms with E-state index in [1.165, 1.54) is 109 Å². The van der Waals surface area contributed by atoms with Crippen LogP contribution in [0, 0.1) is 0 Å². The van der Waals surface area contributed by atoms with Gasteiger partial charge in [-0.1, -0.05) is 144 Å². The highest BCUT2D eigenvalue weighted by atomic mass is 15.3. The second-order valence-electron chi connectivity index (χ2n) is 17.7. The Balaban J connectivity index is 1.29. The zero-order valence-electron chi connectivity index (χ0n) is 31.5. The van der Waals surface area contributed by atoms with E-state index in [0.717, 1.165) is 0 Å². The molecule has 4 aliphatic rings. The monoisotopic (exact) mass is 684 g/mol. The Kier molecular flexibility index (Phi) is 6.29. The molecule has 0 amide bonds. The van der Waals surface area contributed by atoms with Gasteiger partial charge in [0.15, 0.2) is 0 Å². The fraction of sp³-hybridized carbons (Fsp3) is 0.240. The number of nitrogens with zero attached hydrogens (tertiary/aromatic N) is 2. The first-order chi connectivity index (χ1) is 25.7. The van der Waals surface area contributed by atoms with Gasteiger partial charge in [0.05, 0.1) is 5.54 Å². The number of hydrogen-bond donors (Lipinski definition) is 0. The molecular weight excluding hydrogens is 639 g/mol. The van der Waals surface area contributed by atoms with E-state index in [1.807, 2.05) is 0 Å². The van der Waals surface area contributed by atoms with Gasteiger partial charge < -0.3 is 9.71 Å². The Hall–Kier alpha value is -5.28. The van der Waals surface area contributed by atoms with E-state index < -0.39 is 0 Å². The SMILES string of the molecule is CC(C)(C)c1cc2c3c(c1)C1(C)CCCCC1(C)N3c1cc3ccccc3c3c1B2N(c1ccc(-c2ccccc2)cc1)c1cc2ccccc2cc1-3. The van der Waals surface area contributed by atoms with Crippen LogP contribution in [0.3, 0.4) is 0 Å². The van der Waals surface area contributed by atoms with Crippen molar-refractivity contribution in [3.8, 4) is 22.3 Å². The van der Waals surface area contributed by atoms with Crippen LogP contribution in [0.5, 0.6) is 0 Å². The van der Waals surface area contributed by atoms with E-state index in [9.17, 15) is 0 Å². The van der Waals surface area contributed by atoms with Gasteiger partial charge in [-0.05, 0) is 116 Å². The van der Waals surface area contributed by atoms with Gasteiger partial charge >= 0.3 is 6.85 Å². The van der Waals surface area contributed by atoms with Gasteiger partial charge in [0.1, 0.15) is 0 Å². The fourth-order valence-corrected chi connectivity index (χ4v) is 10.9. The van der Waals surface area contributed by atoms with Gasteiger partial charge in [-0.2, -0.15) is 0 Å². The molecule has 2 atom stereocenters. The lowest BCUT2D eigenvalue weighted by Crippen LogP contribution is -2.64. The third-order valence-corrected chi connectivity index (χ3v) is 13.9. The van der Waals surface area contributed by atoms with E-state index in [1.54, 1.807) is 5.56 Å². The summed E-state index contributed by atoms with van der Waals surface area (Å²) in [6.07, 6.45) is 4.97. The topological polar surface area (TPSA) is 6.48 Å². The van der Waals surface area contributed by atoms with Crippen molar-refractivity contribution < 1.29 is 0 Å². The number of rotatable bonds is 2. The van der Waals surface area contributed by atoms with Gasteiger partial charge in [-0.3, -0.25) is 0 Å². The standard InChI is InChI=1S/C50H45BN2/c1-48(2,3)37-30-41-47-42(31-37)51-46-44(52(47)50(5)26-14-13-25-49(41,50)4)29-36-19-11-12-20-39(36)45(46)40-27-34-17-9-10-18-35(34)28-43(40)53(51)38-23-21-33(22-24-38)32-15-7-6-8-16-32/h6-12,15-24,27-31H,13-14,25-26H2,1-5H3. The smallest absolute Gasteiger partial charge is 0.333 e. The second-order valence-corrected chi connectivity index (χ2v) is 17.7. The number of fused-ring (bicyclic) bond motifs is 10. The molecule has 3 heteroatoms. The van der Waals surface area contributed by atoms with Crippen LogP contribution >= 0.6 is 0 Å². The highest BCUT2D eigenvalue weighted by Crippen LogP contribution is 2.63. The van der Waals surface area contributed by atoms with Crippen LogP contribution in [-0.2, 0) is 10.8 Å². The third-order valence-electron chi connectivity index (χ3n) is 13.9. The van der Waals surface area contributed by atoms with Crippen LogP contribution < -0.4 is 20.6 Å². The van der Waals surface area contributed by atoms with Crippen LogP contribution in [-0.4, -0.2) is 12.4 Å². The van der Waals surface area contributed by atoms with Crippen molar-refractivity contribution in [2.45, 2.75) is 76.7 Å². The Morgan fingerprint density at radius 2 is 1.26 bits per heavy atom. The first kappa shape index (κ1) is 31.3. The van der Waals surface area contributed by atoms with Gasteiger partial charge in [0.25, 0.3) is 0 Å². The molecule has 0 spiro atoms. The number of benzene rings is 7. The van der Waals surface area contributed by atoms with E-state index in [-0.39, 0.29) is 23.2 Å². The van der Waals surface area contributed by atoms with E-state index >= 15 is 0 Å². The highest BCUT2D eigenvalue weighted by molar-refractivity contribution is 6.94. The first-order valence-corrected chi connectivity index (χ1v) is 19.7. The van der Waals surface area contributed by atoms with E-state index in [0.29, 0.717) is 0 Å². The van der Waals surface area contributed by atoms with Gasteiger partial charge in [-0.25, -0.2) is 0 Å². The quantitative estimate of drug-likeness (QED) is 0.167. The van der Waals surface area contributed by atoms with E-state index in [2.05, 4.69) is 178 Å². The molecular formula is C50H45BN2. The minimum Gasteiger partial charge on any atom is -0.376 e. The van der Waals surface area contributed by atoms with Gasteiger partial charge in [0, 0.05) is 33.7 Å². The zero-order valence-corrected chi connectivity index (χ0v) is 31.5. The molecule has 258 valence electrons. The molecule has 3 aliphatic heterocycles. The minimum absolute atomic E-state index is 0.0117. The number of hydrogen-bond acceptors (Lipinski definition) is 2. The van der Waals surface area contributed by atoms with Crippen molar-refractivity contribution >= 4 is 62.1 Å². The summed E-state index contributed by atoms with van der Waals surface area (Å²) in [5.41, 5.74) is 16.6. The zero-order chi connectivity index (χ0) is 35.9. The first-order valence-electron chi connectivity index (χ1n) is 19.7. The van der Waals surface area contributed by atoms with Crippen LogP contribution in [0.4, 0.5) is 22.7 Å². The number of anilines is 4. The van der Waals surface area contributed by atoms with Crippen LogP contribution in [0.2, 0.25) is 0 Å². The molecule has 7 aromatic rings. The molecule has 7 aromatic carbocycles. The maximum Gasteiger partial charge on any atom is 0.333 e. The molecule has 2 nitrogen and oxygen atoms in total. The Morgan fingerprint density at radius 1 is 0.623 bits per heavy atom. The van der Waals surface area contributed by atoms with Crippen molar-refractivity contribution in [1.82, 2.24) is 0 Å². The van der Waals surface area contributed by atoms with Gasteiger partial charge in [-0.15, -0.1) is 0 Å². The highest BCUT2D eigenvalue weighted by Gasteiger charge is 2.62. The van der Waals surface area contributed by atoms with Crippen molar-refractivity contribution in [1.29, 1.82) is 0 Å². The Bertz CT molecular complexity index is 2650. The summed E-state index contributed by atoms with van der Waals surface area (Å²) in [7, 11) is 0. The predicted molar refractivity (Wildman–Crippen MR) is 227 cm³/mol. The predicted octanol–water partition coefficient (Wildman–Crippen LogP) is 11.9. The molecule has 0 bridgehead atoms. The average molecular weight is 685 g/mol. The summed E-state index contributed by atoms with van der Waals surface area (Å²) in [4.78, 5) is 5.58. The summed E-state index contributed by atoms with van der Waals surface area (Å²) in [5, 5.41) is 5.23. The molecule has 2 unspecified atom stereocenters. The van der Waals surface area contributed by atoms with Crippen LogP contribution in [0.15, 0.2) is 133 Å². The molecule has 1 fully saturated rings. The van der Waals surface area contributed by atoms with E-state index in [4.69, 9.17) is 0 Å². The van der Waals surface area contributed by atoms with Crippen molar-refractivity contribution in [3.63, 3.8) is 0 Å². The van der Waals surface area contributed by atoms with Gasteiger partial charge in [0.2, 0.25) is 0 Å². The van der Waals surface area contributed by atoms with Crippen LogP contribution in [0.25, 0.3) is 43.8 Å². The molecule has 3 heterocycles. The average Bonchev–Trinajstić information content (AvgIpc) is 3.39. The normalized spacial score (nSPS) is 21.0. The summed E-state index contributed by atoms with van der Waals surface area (Å²) in [6.45, 7) is 12.4. The van der Waals surface area contributed by atoms with Crippen molar-refractivity contribution in [2.75, 3.05) is 9.71 Å². The largest absolute Gasteiger partial charge is 0.376 e. The summed E-state index contributed by atoms with van der Waals surface area (Å²) in [5.74, 6) is 0. The fourth-order valence-electron chi connectivity index (χ4n) is 10.9. The molecule has 0 radical (unpaired) electrons. The molecule has 53 heavy (non-hydrogen) atoms. The molecule has 0 saturated heterocycles. The van der Waals surface area contributed by atoms with Crippen LogP contribution in [0.1, 0.15) is 71.4 Å². The Morgan fingerprint density at radius 3 is 2.02 bits per heavy atom. The molecule has 1 aliphatic carbocycles. The molecule has 1 saturated carbocycles. The summed E-state index contributed by atoms with van der Waals surface area (Å²) in [6, 6.07) is 51.0. The third kappa shape index (κ3) is 4.11. The van der Waals surface area contributed by atoms with Crippen molar-refractivity contribution in [3.05, 3.63) is 145 Å². The maximum atomic E-state index is 2.87. The summed E-state index contributed by atoms with van der Waals surface area (Å²) < 4.78 is 0. The lowest BCUT2D eigenvalue weighted by atomic mass is 9.42. The maximum absolute atomic E-state index is 2.87. The lowest BCUT2D eigenvalue weighted by Gasteiger charge is -2.53. The minimum atomic E-state index is -0.0220. The molecule has 0 aromatic heterocycles. The lowest BCUT2D eigenvalue weighted by molar-refractivity contribution is 0.195. The summed E-state index contributed by atoms with van der Waals surface area (Å²) >= 11 is 0. The van der Waals surface area contributed by atoms with Crippen molar-refractivity contribution in [2.24, 2.45) is 0 Å². The Labute approximate surface area is 314 Å². The second kappa shape index (κ2) is 10.7. The molecule has 11 rings (SSSR count). The molecule has 0 N–H and O–H groups in total.